The van der Waals surface area contributed by atoms with E-state index in [-0.39, 0.29) is 37.7 Å². The molecule has 0 aliphatic rings. The molecule has 0 aliphatic heterocycles. The molecule has 0 aliphatic carbocycles. The van der Waals surface area contributed by atoms with Gasteiger partial charge in [-0.05, 0) is 0 Å². The second-order valence-electron chi connectivity index (χ2n) is 0.447. The first-order valence-corrected chi connectivity index (χ1v) is 6.48. The predicted molar refractivity (Wildman–Crippen MR) is 2.75 cm³/mol. The summed E-state index contributed by atoms with van der Waals surface area (Å²) < 4.78 is 51.6. The zero-order valence-electron chi connectivity index (χ0n) is 5.34. The van der Waals surface area contributed by atoms with E-state index in [1.54, 1.807) is 0 Å². The normalized spacial score (nSPS) is 5.00. The molecule has 0 unspecified atom stereocenters. The summed E-state index contributed by atoms with van der Waals surface area (Å²) in [5.41, 5.74) is 0. The molecule has 10 heteroatoms. The fraction of sp³-hybridized carbons (Fsp3) is 0. The first-order chi connectivity index (χ1) is 3.46. The molecule has 0 atom stereocenters. The summed E-state index contributed by atoms with van der Waals surface area (Å²) in [6, 6.07) is 0. The van der Waals surface area contributed by atoms with Crippen LogP contribution in [-0.2, 0) is 50.6 Å². The molecule has 0 aromatic rings. The van der Waals surface area contributed by atoms with Crippen LogP contribution in [0.3, 0.4) is 0 Å². The van der Waals surface area contributed by atoms with E-state index in [2.05, 4.69) is 0 Å². The van der Waals surface area contributed by atoms with Crippen LogP contribution in [0.2, 0.25) is 0 Å². The summed E-state index contributed by atoms with van der Waals surface area (Å²) >= 11 is -8.40. The van der Waals surface area contributed by atoms with Crippen molar-refractivity contribution in [2.45, 2.75) is 0 Å². The number of hydrogen-bond donors (Lipinski definition) is 0. The predicted octanol–water partition coefficient (Wildman–Crippen LogP) is -8.85. The van der Waals surface area contributed by atoms with Crippen LogP contribution in [-0.4, -0.2) is 0 Å². The van der Waals surface area contributed by atoms with Gasteiger partial charge in [-0.2, -0.15) is 0 Å². The summed E-state index contributed by atoms with van der Waals surface area (Å²) in [6.45, 7) is 0. The second-order valence-corrected chi connectivity index (χ2v) is 2.65. The summed E-state index contributed by atoms with van der Waals surface area (Å²) in [4.78, 5) is 0. The van der Waals surface area contributed by atoms with Gasteiger partial charge in [0.2, 0.25) is 0 Å². The average molecular weight is 296 g/mol. The van der Waals surface area contributed by atoms with Crippen molar-refractivity contribution in [3.05, 3.63) is 0 Å². The fourth-order valence-electron chi connectivity index (χ4n) is 0. The molecule has 0 aromatic heterocycles. The van der Waals surface area contributed by atoms with Crippen molar-refractivity contribution in [2.24, 2.45) is 0 Å². The molecule has 0 heterocycles. The van der Waals surface area contributed by atoms with Gasteiger partial charge in [-0.3, -0.25) is 0 Å². The maximum absolute atomic E-state index is 8.60. The number of hydrogen-bond acceptors (Lipinski definition) is 6. The van der Waals surface area contributed by atoms with E-state index in [0.29, 0.717) is 0 Å². The van der Waals surface area contributed by atoms with Crippen LogP contribution < -0.4 is 45.0 Å². The molecule has 0 aromatic carbocycles. The minimum absolute atomic E-state index is 0. The Morgan fingerprint density at radius 2 is 0.700 bits per heavy atom. The molecule has 0 spiro atoms. The van der Waals surface area contributed by atoms with Crippen LogP contribution in [0, 0.1) is 0 Å². The van der Waals surface area contributed by atoms with Gasteiger partial charge in [-0.1, -0.05) is 0 Å². The third-order valence-electron chi connectivity index (χ3n) is 0. The van der Waals surface area contributed by atoms with Gasteiger partial charge in [0.25, 0.3) is 0 Å². The maximum atomic E-state index is 8.60. The topological polar surface area (TPSA) is 114 Å². The molecule has 0 radical (unpaired) electrons. The van der Waals surface area contributed by atoms with E-state index < -0.39 is 37.6 Å². The van der Waals surface area contributed by atoms with Crippen molar-refractivity contribution in [1.29, 1.82) is 0 Å². The van der Waals surface area contributed by atoms with Crippen molar-refractivity contribution in [1.82, 2.24) is 0 Å². The van der Waals surface area contributed by atoms with Crippen LogP contribution in [0.5, 0.6) is 0 Å². The number of rotatable bonds is 0. The van der Waals surface area contributed by atoms with E-state index >= 15 is 0 Å². The quantitative estimate of drug-likeness (QED) is 0.410. The van der Waals surface area contributed by atoms with E-state index in [1.165, 1.54) is 0 Å². The summed E-state index contributed by atoms with van der Waals surface area (Å²) in [5, 5.41) is 0. The van der Waals surface area contributed by atoms with E-state index in [1.807, 2.05) is 0 Å². The van der Waals surface area contributed by atoms with Gasteiger partial charge in [-0.15, -0.1) is 0 Å². The molecule has 48 valence electrons. The van der Waals surface area contributed by atoms with Gasteiger partial charge in [0.05, 0.1) is 0 Å². The van der Waals surface area contributed by atoms with Gasteiger partial charge < -0.3 is 0 Å². The molecule has 0 N–H and O–H groups in total. The van der Waals surface area contributed by atoms with Crippen LogP contribution in [0.1, 0.15) is 0 Å². The monoisotopic (exact) mass is 296 g/mol. The molecule has 6 nitrogen and oxygen atoms in total. The van der Waals surface area contributed by atoms with Gasteiger partial charge in [0.1, 0.15) is 0 Å². The summed E-state index contributed by atoms with van der Waals surface area (Å²) in [7, 11) is 0. The molecule has 0 amide bonds. The van der Waals surface area contributed by atoms with Gasteiger partial charge >= 0.3 is 95.5 Å². The molecular formula is Li2Nb2O6. The van der Waals surface area contributed by atoms with E-state index in [9.17, 15) is 0 Å². The van der Waals surface area contributed by atoms with Gasteiger partial charge in [-0.25, -0.2) is 0 Å². The molecule has 10 heavy (non-hydrogen) atoms. The Balaban J connectivity index is -0.0000000300. The first-order valence-electron chi connectivity index (χ1n) is 1.10. The Bertz CT molecular complexity index is 131. The average Bonchev–Trinajstić information content (AvgIpc) is 1.25. The summed E-state index contributed by atoms with van der Waals surface area (Å²) in [6.07, 6.45) is 0. The van der Waals surface area contributed by atoms with E-state index in [4.69, 9.17) is 20.2 Å². The van der Waals surface area contributed by atoms with Gasteiger partial charge in [0, 0.05) is 0 Å². The Morgan fingerprint density at radius 3 is 0.700 bits per heavy atom. The zero-order valence-corrected chi connectivity index (χ0v) is 9.74. The molecule has 0 fully saturated rings. The summed E-state index contributed by atoms with van der Waals surface area (Å²) in [5.74, 6) is 0. The Hall–Kier alpha value is 1.80. The van der Waals surface area contributed by atoms with E-state index in [0.717, 1.165) is 0 Å². The SMILES string of the molecule is [Li+].[Li+].[O]=[Nb](=[O])[O-].[O]=[Nb](=[O])[O-]. The first kappa shape index (κ1) is 22.6. The Morgan fingerprint density at radius 1 is 0.700 bits per heavy atom. The molecule has 0 bridgehead atoms. The zero-order chi connectivity index (χ0) is 7.15. The molecular weight excluding hydrogens is 296 g/mol. The second kappa shape index (κ2) is 17.0. The third kappa shape index (κ3) is 235. The molecule has 0 saturated heterocycles. The van der Waals surface area contributed by atoms with Crippen LogP contribution in [0.4, 0.5) is 0 Å². The molecule has 0 saturated carbocycles. The van der Waals surface area contributed by atoms with Gasteiger partial charge in [0.15, 0.2) is 0 Å². The van der Waals surface area contributed by atoms with Crippen LogP contribution >= 0.6 is 0 Å². The van der Waals surface area contributed by atoms with Crippen molar-refractivity contribution in [2.75, 3.05) is 0 Å². The third-order valence-corrected chi connectivity index (χ3v) is 0. The van der Waals surface area contributed by atoms with Crippen molar-refractivity contribution in [3.63, 3.8) is 0 Å². The Kier molecular flexibility index (Phi) is 38.6. The van der Waals surface area contributed by atoms with Crippen molar-refractivity contribution >= 4 is 0 Å². The van der Waals surface area contributed by atoms with Crippen molar-refractivity contribution < 1.29 is 95.5 Å². The fourth-order valence-corrected chi connectivity index (χ4v) is 0. The standard InChI is InChI=1S/2Li.2Nb.6O/q2*+1;;;;;;;2*-1. The van der Waals surface area contributed by atoms with Crippen LogP contribution in [0.25, 0.3) is 0 Å². The van der Waals surface area contributed by atoms with Crippen LogP contribution in [0.15, 0.2) is 0 Å². The van der Waals surface area contributed by atoms with Crippen molar-refractivity contribution in [3.8, 4) is 0 Å². The minimum atomic E-state index is -4.20. The Labute approximate surface area is 94.3 Å². The molecule has 0 rings (SSSR count).